The van der Waals surface area contributed by atoms with E-state index in [-0.39, 0.29) is 24.2 Å². The highest BCUT2D eigenvalue weighted by molar-refractivity contribution is 7.14. The van der Waals surface area contributed by atoms with Gasteiger partial charge in [-0.15, -0.1) is 23.7 Å². The quantitative estimate of drug-likeness (QED) is 0.499. The average molecular weight is 423 g/mol. The molecule has 3 aromatic rings. The molecule has 3 aromatic heterocycles. The van der Waals surface area contributed by atoms with Gasteiger partial charge in [0.25, 0.3) is 5.91 Å². The lowest BCUT2D eigenvalue weighted by atomic mass is 10.1. The molecule has 0 saturated carbocycles. The molecule has 0 radical (unpaired) electrons. The molecule has 0 fully saturated rings. The van der Waals surface area contributed by atoms with Crippen molar-refractivity contribution in [2.75, 3.05) is 11.9 Å². The van der Waals surface area contributed by atoms with Crippen molar-refractivity contribution >= 4 is 40.7 Å². The van der Waals surface area contributed by atoms with Gasteiger partial charge in [0.15, 0.2) is 16.6 Å². The first-order valence-electron chi connectivity index (χ1n) is 8.47. The number of furan rings is 1. The Balaban J connectivity index is 0.00000225. The molecule has 0 aromatic carbocycles. The summed E-state index contributed by atoms with van der Waals surface area (Å²) < 4.78 is 5.68. The van der Waals surface area contributed by atoms with Gasteiger partial charge >= 0.3 is 0 Å². The van der Waals surface area contributed by atoms with Crippen LogP contribution in [0, 0.1) is 0 Å². The van der Waals surface area contributed by atoms with Crippen molar-refractivity contribution in [2.24, 2.45) is 0 Å². The van der Waals surface area contributed by atoms with E-state index in [1.165, 1.54) is 18.3 Å². The van der Waals surface area contributed by atoms with Crippen LogP contribution < -0.4 is 16.0 Å². The maximum absolute atomic E-state index is 12.5. The number of nitrogens with zero attached hydrogens (tertiary/aromatic N) is 2. The van der Waals surface area contributed by atoms with Gasteiger partial charge in [-0.3, -0.25) is 20.0 Å². The van der Waals surface area contributed by atoms with Gasteiger partial charge in [-0.25, -0.2) is 4.98 Å². The fourth-order valence-corrected chi connectivity index (χ4v) is 3.53. The summed E-state index contributed by atoms with van der Waals surface area (Å²) in [6.07, 6.45) is 0.830. The Kier molecular flexibility index (Phi) is 6.12. The molecular weight excluding hydrogens is 404 g/mol. The minimum absolute atomic E-state index is 0. The van der Waals surface area contributed by atoms with Crippen molar-refractivity contribution in [3.05, 3.63) is 40.2 Å². The second-order valence-electron chi connectivity index (χ2n) is 6.12. The molecule has 4 rings (SSSR count). The molecule has 0 spiro atoms. The maximum Gasteiger partial charge on any atom is 0.278 e. The third kappa shape index (κ3) is 4.24. The Bertz CT molecular complexity index is 995. The third-order valence-electron chi connectivity index (χ3n) is 4.17. The SMILES string of the molecule is CC(=O)NCc1ccc(-c2csc(NC(=O)c3n[nH]c4c3CNCC4)n2)o1.Cl. The summed E-state index contributed by atoms with van der Waals surface area (Å²) >= 11 is 1.31. The number of H-pyrrole nitrogens is 1. The van der Waals surface area contributed by atoms with Crippen LogP contribution in [0.2, 0.25) is 0 Å². The van der Waals surface area contributed by atoms with Gasteiger partial charge in [0.05, 0.1) is 6.54 Å². The van der Waals surface area contributed by atoms with Gasteiger partial charge in [0.2, 0.25) is 5.91 Å². The second-order valence-corrected chi connectivity index (χ2v) is 6.98. The smallest absolute Gasteiger partial charge is 0.278 e. The lowest BCUT2D eigenvalue weighted by Gasteiger charge is -2.12. The van der Waals surface area contributed by atoms with E-state index < -0.39 is 0 Å². The largest absolute Gasteiger partial charge is 0.458 e. The van der Waals surface area contributed by atoms with E-state index in [2.05, 4.69) is 31.1 Å². The maximum atomic E-state index is 12.5. The number of carbonyl (C=O) groups excluding carboxylic acids is 2. The van der Waals surface area contributed by atoms with Crippen LogP contribution in [0.1, 0.15) is 34.4 Å². The van der Waals surface area contributed by atoms with Crippen LogP contribution in [0.15, 0.2) is 21.9 Å². The Labute approximate surface area is 170 Å². The molecule has 2 amide bonds. The minimum atomic E-state index is -0.289. The van der Waals surface area contributed by atoms with E-state index in [1.807, 2.05) is 0 Å². The van der Waals surface area contributed by atoms with Crippen LogP contribution in [-0.2, 0) is 24.3 Å². The molecule has 1 aliphatic heterocycles. The van der Waals surface area contributed by atoms with Crippen LogP contribution in [-0.4, -0.2) is 33.5 Å². The molecule has 0 bridgehead atoms. The van der Waals surface area contributed by atoms with Crippen molar-refractivity contribution in [3.8, 4) is 11.5 Å². The predicted octanol–water partition coefficient (Wildman–Crippen LogP) is 2.08. The first-order chi connectivity index (χ1) is 13.1. The highest BCUT2D eigenvalue weighted by Crippen LogP contribution is 2.27. The summed E-state index contributed by atoms with van der Waals surface area (Å²) in [7, 11) is 0. The van der Waals surface area contributed by atoms with E-state index in [0.29, 0.717) is 41.1 Å². The summed E-state index contributed by atoms with van der Waals surface area (Å²) in [4.78, 5) is 27.9. The van der Waals surface area contributed by atoms with E-state index in [9.17, 15) is 9.59 Å². The lowest BCUT2D eigenvalue weighted by Crippen LogP contribution is -2.25. The van der Waals surface area contributed by atoms with Gasteiger partial charge in [0.1, 0.15) is 11.5 Å². The molecule has 0 atom stereocenters. The van der Waals surface area contributed by atoms with Crippen molar-refractivity contribution < 1.29 is 14.0 Å². The van der Waals surface area contributed by atoms with Gasteiger partial charge in [-0.2, -0.15) is 5.10 Å². The van der Waals surface area contributed by atoms with Crippen molar-refractivity contribution in [1.82, 2.24) is 25.8 Å². The molecule has 0 aliphatic carbocycles. The van der Waals surface area contributed by atoms with E-state index in [4.69, 9.17) is 4.42 Å². The topological polar surface area (TPSA) is 125 Å². The molecule has 0 saturated heterocycles. The van der Waals surface area contributed by atoms with Crippen molar-refractivity contribution in [1.29, 1.82) is 0 Å². The fourth-order valence-electron chi connectivity index (χ4n) is 2.84. The number of aromatic amines is 1. The number of hydrogen-bond donors (Lipinski definition) is 4. The zero-order valence-electron chi connectivity index (χ0n) is 15.0. The van der Waals surface area contributed by atoms with Crippen LogP contribution in [0.3, 0.4) is 0 Å². The van der Waals surface area contributed by atoms with E-state index >= 15 is 0 Å². The van der Waals surface area contributed by atoms with Crippen LogP contribution in [0.25, 0.3) is 11.5 Å². The van der Waals surface area contributed by atoms with Crippen molar-refractivity contribution in [3.63, 3.8) is 0 Å². The van der Waals surface area contributed by atoms with E-state index in [1.54, 1.807) is 17.5 Å². The Morgan fingerprint density at radius 3 is 3.04 bits per heavy atom. The predicted molar refractivity (Wildman–Crippen MR) is 107 cm³/mol. The summed E-state index contributed by atoms with van der Waals surface area (Å²) in [6.45, 7) is 3.27. The zero-order valence-corrected chi connectivity index (χ0v) is 16.6. The number of nitrogens with one attached hydrogen (secondary N) is 4. The molecule has 0 unspecified atom stereocenters. The molecule has 28 heavy (non-hydrogen) atoms. The number of amides is 2. The molecule has 4 N–H and O–H groups in total. The molecule has 9 nitrogen and oxygen atoms in total. The van der Waals surface area contributed by atoms with Gasteiger partial charge in [0, 0.05) is 43.1 Å². The number of anilines is 1. The number of fused-ring (bicyclic) bond motifs is 1. The van der Waals surface area contributed by atoms with Crippen molar-refractivity contribution in [2.45, 2.75) is 26.4 Å². The number of rotatable bonds is 5. The lowest BCUT2D eigenvalue weighted by molar-refractivity contribution is -0.119. The average Bonchev–Trinajstić information content (AvgIpc) is 3.38. The highest BCUT2D eigenvalue weighted by Gasteiger charge is 2.22. The summed E-state index contributed by atoms with van der Waals surface area (Å²) in [5.41, 5.74) is 2.92. The van der Waals surface area contributed by atoms with Gasteiger partial charge < -0.3 is 15.1 Å². The number of aromatic nitrogens is 3. The Morgan fingerprint density at radius 2 is 2.21 bits per heavy atom. The Hall–Kier alpha value is -2.69. The zero-order chi connectivity index (χ0) is 18.8. The minimum Gasteiger partial charge on any atom is -0.458 e. The summed E-state index contributed by atoms with van der Waals surface area (Å²) in [5.74, 6) is 0.799. The standard InChI is InChI=1S/C17H18N6O3S.ClH/c1-9(24)19-6-10-2-3-14(26-10)13-8-27-17(20-13)21-16(25)15-11-7-18-5-4-12(11)22-23-15;/h2-3,8,18H,4-7H2,1H3,(H,19,24)(H,22,23)(H,20,21,25);1H. The normalized spacial score (nSPS) is 12.8. The molecule has 11 heteroatoms. The van der Waals surface area contributed by atoms with E-state index in [0.717, 1.165) is 24.2 Å². The molecule has 1 aliphatic rings. The number of hydrogen-bond acceptors (Lipinski definition) is 7. The molecule has 4 heterocycles. The first-order valence-corrected chi connectivity index (χ1v) is 9.35. The van der Waals surface area contributed by atoms with Crippen LogP contribution >= 0.6 is 23.7 Å². The Morgan fingerprint density at radius 1 is 1.36 bits per heavy atom. The number of carbonyl (C=O) groups is 2. The molecule has 148 valence electrons. The fraction of sp³-hybridized carbons (Fsp3) is 0.294. The van der Waals surface area contributed by atoms with Gasteiger partial charge in [-0.1, -0.05) is 0 Å². The monoisotopic (exact) mass is 422 g/mol. The summed E-state index contributed by atoms with van der Waals surface area (Å²) in [6, 6.07) is 3.57. The number of halogens is 1. The third-order valence-corrected chi connectivity index (χ3v) is 4.93. The second kappa shape index (κ2) is 8.55. The van der Waals surface area contributed by atoms with Gasteiger partial charge in [-0.05, 0) is 12.1 Å². The molecular formula is C17H19ClN6O3S. The highest BCUT2D eigenvalue weighted by atomic mass is 35.5. The number of thiazole rings is 1. The van der Waals surface area contributed by atoms with Crippen LogP contribution in [0.5, 0.6) is 0 Å². The van der Waals surface area contributed by atoms with Crippen LogP contribution in [0.4, 0.5) is 5.13 Å². The summed E-state index contributed by atoms with van der Waals surface area (Å²) in [5, 5.41) is 18.1. The first kappa shape index (κ1) is 20.1.